The molecule has 4 heterocycles. The number of pyridine rings is 1. The van der Waals surface area contributed by atoms with Crippen molar-refractivity contribution in [2.45, 2.75) is 73.8 Å². The van der Waals surface area contributed by atoms with E-state index in [1.807, 2.05) is 22.7 Å². The van der Waals surface area contributed by atoms with Gasteiger partial charge in [-0.15, -0.1) is 22.7 Å². The van der Waals surface area contributed by atoms with Gasteiger partial charge in [0.15, 0.2) is 12.2 Å². The molecule has 0 aliphatic carbocycles. The molecule has 1 aliphatic rings. The van der Waals surface area contributed by atoms with E-state index in [0.717, 1.165) is 12.0 Å². The predicted molar refractivity (Wildman–Crippen MR) is 193 cm³/mol. The van der Waals surface area contributed by atoms with Crippen LogP contribution in [0.25, 0.3) is 41.5 Å². The van der Waals surface area contributed by atoms with Gasteiger partial charge in [0.2, 0.25) is 5.69 Å². The first-order chi connectivity index (χ1) is 21.5. The summed E-state index contributed by atoms with van der Waals surface area (Å²) in [5, 5.41) is 11.9. The number of rotatable bonds is 8. The highest BCUT2D eigenvalue weighted by Crippen LogP contribution is 2.51. The molecule has 2 unspecified atom stereocenters. The van der Waals surface area contributed by atoms with Gasteiger partial charge in [-0.05, 0) is 92.0 Å². The molecule has 45 heavy (non-hydrogen) atoms. The summed E-state index contributed by atoms with van der Waals surface area (Å²) >= 11 is 3.87. The number of aromatic nitrogens is 1. The van der Waals surface area contributed by atoms with Crippen molar-refractivity contribution in [2.75, 3.05) is 20.3 Å². The van der Waals surface area contributed by atoms with Crippen molar-refractivity contribution in [1.29, 1.82) is 0 Å². The van der Waals surface area contributed by atoms with Crippen molar-refractivity contribution in [3.8, 4) is 31.5 Å². The molecule has 0 amide bonds. The fourth-order valence-electron chi connectivity index (χ4n) is 7.46. The number of aliphatic hydroxyl groups is 1. The molecule has 0 radical (unpaired) electrons. The average Bonchev–Trinajstić information content (AvgIpc) is 3.49. The van der Waals surface area contributed by atoms with Gasteiger partial charge in [0.05, 0.1) is 18.8 Å². The van der Waals surface area contributed by atoms with Crippen LogP contribution in [0.5, 0.6) is 0 Å². The van der Waals surface area contributed by atoms with Crippen molar-refractivity contribution in [3.63, 3.8) is 0 Å². The number of thiophene rings is 2. The van der Waals surface area contributed by atoms with Gasteiger partial charge in [0.25, 0.3) is 0 Å². The Morgan fingerprint density at radius 1 is 0.933 bits per heavy atom. The molecule has 2 aromatic carbocycles. The lowest BCUT2D eigenvalue weighted by Crippen LogP contribution is -2.48. The zero-order chi connectivity index (χ0) is 32.2. The molecule has 2 atom stereocenters. The summed E-state index contributed by atoms with van der Waals surface area (Å²) in [4.78, 5) is 4.11. The summed E-state index contributed by atoms with van der Waals surface area (Å²) in [6.45, 7) is 18.7. The smallest absolute Gasteiger partial charge is 0.231 e. The second-order valence-corrected chi connectivity index (χ2v) is 15.4. The highest BCUT2D eigenvalue weighted by Gasteiger charge is 2.42. The molecule has 3 nitrogen and oxygen atoms in total. The fraction of sp³-hybridized carbons (Fsp3) is 0.375. The minimum absolute atomic E-state index is 0.00664. The standard InChI is InChI=1S/C40H46NO2S2/c1-22(2)18-29-10-12-30(13-11-29)37-25(5)26(6)38(44-37)39-27(7)32-14-16-41-35(31(21-42)15-17-43-9)28(8)34-24(4)19-23(3)20-33(34)36(41)40(32)45-39/h10-16,19-20,22,28,35,42H,17-18,21H2,1-9H3/q+1/b31-15+. The van der Waals surface area contributed by atoms with Crippen LogP contribution in [0.1, 0.15) is 71.7 Å². The molecule has 0 saturated heterocycles. The van der Waals surface area contributed by atoms with Gasteiger partial charge >= 0.3 is 0 Å². The summed E-state index contributed by atoms with van der Waals surface area (Å²) in [6.07, 6.45) is 5.44. The second kappa shape index (κ2) is 12.6. The Bertz CT molecular complexity index is 1920. The normalized spacial score (nSPS) is 16.5. The lowest BCUT2D eigenvalue weighted by molar-refractivity contribution is -0.708. The maximum absolute atomic E-state index is 10.6. The average molecular weight is 637 g/mol. The molecule has 6 rings (SSSR count). The third-order valence-corrected chi connectivity index (χ3v) is 12.6. The lowest BCUT2D eigenvalue weighted by Gasteiger charge is -2.31. The quantitative estimate of drug-likeness (QED) is 0.136. The number of methoxy groups -OCH3 is 1. The van der Waals surface area contributed by atoms with Crippen LogP contribution in [-0.2, 0) is 11.2 Å². The van der Waals surface area contributed by atoms with Gasteiger partial charge in [-0.3, -0.25) is 0 Å². The van der Waals surface area contributed by atoms with Crippen LogP contribution in [0, 0.1) is 40.5 Å². The lowest BCUT2D eigenvalue weighted by atomic mass is 9.78. The number of fused-ring (bicyclic) bond motifs is 5. The largest absolute Gasteiger partial charge is 0.392 e. The number of aryl methyl sites for hydroxylation is 3. The molecule has 0 fully saturated rings. The highest BCUT2D eigenvalue weighted by atomic mass is 32.1. The molecule has 0 saturated carbocycles. The summed E-state index contributed by atoms with van der Waals surface area (Å²) in [5.74, 6) is 0.867. The molecule has 3 aromatic heterocycles. The number of hydrogen-bond donors (Lipinski definition) is 1. The van der Waals surface area contributed by atoms with Crippen LogP contribution >= 0.6 is 22.7 Å². The van der Waals surface area contributed by atoms with Crippen molar-refractivity contribution >= 4 is 32.8 Å². The van der Waals surface area contributed by atoms with E-state index in [2.05, 4.69) is 115 Å². The molecule has 234 valence electrons. The SMILES string of the molecule is COC/C=C(\CO)C1C(C)c2c(C)cc(C)cc2-c2c3sc(-c4sc(-c5ccc(CC(C)C)cc5)c(C)c4C)c(C)c3cc[n+]21. The first kappa shape index (κ1) is 31.9. The van der Waals surface area contributed by atoms with E-state index in [9.17, 15) is 5.11 Å². The first-order valence-corrected chi connectivity index (χ1v) is 17.8. The monoisotopic (exact) mass is 636 g/mol. The Morgan fingerprint density at radius 3 is 2.29 bits per heavy atom. The van der Waals surface area contributed by atoms with E-state index in [0.29, 0.717) is 12.5 Å². The van der Waals surface area contributed by atoms with Crippen LogP contribution in [0.2, 0.25) is 0 Å². The van der Waals surface area contributed by atoms with Gasteiger partial charge in [0, 0.05) is 44.7 Å². The Morgan fingerprint density at radius 2 is 1.62 bits per heavy atom. The summed E-state index contributed by atoms with van der Waals surface area (Å²) in [5.41, 5.74) is 14.4. The van der Waals surface area contributed by atoms with E-state index in [-0.39, 0.29) is 18.6 Å². The maximum atomic E-state index is 10.6. The minimum Gasteiger partial charge on any atom is -0.392 e. The second-order valence-electron chi connectivity index (χ2n) is 13.3. The van der Waals surface area contributed by atoms with Crippen molar-refractivity contribution in [3.05, 3.63) is 99.3 Å². The van der Waals surface area contributed by atoms with E-state index >= 15 is 0 Å². The van der Waals surface area contributed by atoms with Crippen LogP contribution < -0.4 is 4.57 Å². The van der Waals surface area contributed by atoms with Gasteiger partial charge in [0.1, 0.15) is 4.70 Å². The van der Waals surface area contributed by atoms with E-state index < -0.39 is 0 Å². The molecule has 0 bridgehead atoms. The number of benzene rings is 2. The van der Waals surface area contributed by atoms with Crippen molar-refractivity contribution in [2.24, 2.45) is 5.92 Å². The van der Waals surface area contributed by atoms with Gasteiger partial charge < -0.3 is 9.84 Å². The van der Waals surface area contributed by atoms with Gasteiger partial charge in [-0.2, -0.15) is 4.57 Å². The Balaban J connectivity index is 1.55. The Kier molecular flexibility index (Phi) is 8.93. The van der Waals surface area contributed by atoms with Crippen molar-refractivity contribution in [1.82, 2.24) is 0 Å². The number of ether oxygens (including phenoxy) is 1. The van der Waals surface area contributed by atoms with E-state index in [4.69, 9.17) is 4.74 Å². The minimum atomic E-state index is 0.00664. The molecular weight excluding hydrogens is 591 g/mol. The molecule has 1 N–H and O–H groups in total. The Hall–Kier alpha value is -3.09. The third-order valence-electron chi connectivity index (χ3n) is 9.67. The zero-order valence-corrected chi connectivity index (χ0v) is 29.8. The number of hydrogen-bond acceptors (Lipinski definition) is 4. The summed E-state index contributed by atoms with van der Waals surface area (Å²) in [6, 6.07) is 16.2. The summed E-state index contributed by atoms with van der Waals surface area (Å²) < 4.78 is 9.17. The van der Waals surface area contributed by atoms with Crippen LogP contribution in [0.15, 0.2) is 60.3 Å². The van der Waals surface area contributed by atoms with Crippen LogP contribution in [0.3, 0.4) is 0 Å². The third kappa shape index (κ3) is 5.52. The molecule has 1 aliphatic heterocycles. The van der Waals surface area contributed by atoms with Gasteiger partial charge in [-0.25, -0.2) is 0 Å². The topological polar surface area (TPSA) is 33.3 Å². The van der Waals surface area contributed by atoms with E-state index in [1.54, 1.807) is 7.11 Å². The van der Waals surface area contributed by atoms with Crippen LogP contribution in [0.4, 0.5) is 0 Å². The molecule has 5 heteroatoms. The number of aliphatic hydroxyl groups excluding tert-OH is 1. The maximum Gasteiger partial charge on any atom is 0.231 e. The van der Waals surface area contributed by atoms with Crippen LogP contribution in [-0.4, -0.2) is 25.4 Å². The Labute approximate surface area is 276 Å². The fourth-order valence-corrected chi connectivity index (χ4v) is 10.4. The van der Waals surface area contributed by atoms with Crippen molar-refractivity contribution < 1.29 is 14.4 Å². The molecule has 5 aromatic rings. The van der Waals surface area contributed by atoms with Gasteiger partial charge in [-0.1, -0.05) is 62.7 Å². The number of nitrogens with zero attached hydrogens (tertiary/aromatic N) is 1. The highest BCUT2D eigenvalue weighted by molar-refractivity contribution is 7.27. The molecule has 0 spiro atoms. The molecular formula is C40H46NO2S2+. The van der Waals surface area contributed by atoms with E-state index in [1.165, 1.54) is 80.5 Å². The first-order valence-electron chi connectivity index (χ1n) is 16.1. The predicted octanol–water partition coefficient (Wildman–Crippen LogP) is 10.2. The zero-order valence-electron chi connectivity index (χ0n) is 28.2. The summed E-state index contributed by atoms with van der Waals surface area (Å²) in [7, 11) is 1.71.